The maximum absolute atomic E-state index is 2.12. The molecular formula is C12H11CuLi. The van der Waals surface area contributed by atoms with E-state index >= 15 is 0 Å². The molecule has 2 rings (SSSR count). The molecule has 0 amide bonds. The van der Waals surface area contributed by atoms with Crippen LogP contribution in [0.15, 0.2) is 60.7 Å². The number of hydrogen-bond donors (Lipinski definition) is 0. The zero-order valence-corrected chi connectivity index (χ0v) is 9.02. The van der Waals surface area contributed by atoms with Gasteiger partial charge in [-0.25, -0.2) is 0 Å². The van der Waals surface area contributed by atoms with Crippen LogP contribution >= 0.6 is 0 Å². The Kier molecular flexibility index (Phi) is 6.71. The predicted octanol–water partition coefficient (Wildman–Crippen LogP) is 0.468. The molecule has 0 fully saturated rings. The molecule has 0 aromatic heterocycles. The quantitative estimate of drug-likeness (QED) is 0.619. The predicted molar refractivity (Wildman–Crippen MR) is 53.0 cm³/mol. The smallest absolute Gasteiger partial charge is 1.00 e. The summed E-state index contributed by atoms with van der Waals surface area (Å²) in [5.74, 6) is 0. The molecule has 2 heteroatoms. The maximum atomic E-state index is 2.12. The summed E-state index contributed by atoms with van der Waals surface area (Å²) in [5, 5.41) is 0. The second kappa shape index (κ2) is 6.93. The van der Waals surface area contributed by atoms with Crippen molar-refractivity contribution in [3.05, 3.63) is 60.7 Å². The van der Waals surface area contributed by atoms with Gasteiger partial charge in [0, 0.05) is 17.1 Å². The van der Waals surface area contributed by atoms with Crippen LogP contribution in [0.1, 0.15) is 1.43 Å². The molecule has 0 aliphatic heterocycles. The Morgan fingerprint density at radius 1 is 0.571 bits per heavy atom. The average molecular weight is 226 g/mol. The molecular weight excluding hydrogens is 215 g/mol. The first-order valence-corrected chi connectivity index (χ1v) is 4.07. The molecule has 2 aromatic carbocycles. The Bertz CT molecular complexity index is 313. The van der Waals surface area contributed by atoms with Crippen molar-refractivity contribution in [1.82, 2.24) is 0 Å². The second-order valence-corrected chi connectivity index (χ2v) is 2.73. The van der Waals surface area contributed by atoms with Gasteiger partial charge >= 0.3 is 18.9 Å². The molecule has 1 radical (unpaired) electrons. The Balaban J connectivity index is 0. The van der Waals surface area contributed by atoms with Crippen LogP contribution in [0.2, 0.25) is 0 Å². The van der Waals surface area contributed by atoms with E-state index in [2.05, 4.69) is 48.5 Å². The molecule has 0 saturated carbocycles. The van der Waals surface area contributed by atoms with Crippen molar-refractivity contribution in [3.63, 3.8) is 0 Å². The topological polar surface area (TPSA) is 0 Å². The normalized spacial score (nSPS) is 8.29. The summed E-state index contributed by atoms with van der Waals surface area (Å²) in [5.41, 5.74) is 2.55. The van der Waals surface area contributed by atoms with Gasteiger partial charge in [-0.15, -0.1) is 0 Å². The van der Waals surface area contributed by atoms with Gasteiger partial charge in [0.05, 0.1) is 0 Å². The fourth-order valence-corrected chi connectivity index (χ4v) is 1.26. The average Bonchev–Trinajstić information content (AvgIpc) is 2.21. The van der Waals surface area contributed by atoms with Crippen LogP contribution in [0.25, 0.3) is 11.1 Å². The minimum Gasteiger partial charge on any atom is -1.00 e. The Morgan fingerprint density at radius 3 is 1.14 bits per heavy atom. The van der Waals surface area contributed by atoms with Crippen LogP contribution in [0.3, 0.4) is 0 Å². The molecule has 0 nitrogen and oxygen atoms in total. The summed E-state index contributed by atoms with van der Waals surface area (Å²) in [4.78, 5) is 0. The molecule has 2 aromatic rings. The van der Waals surface area contributed by atoms with Crippen molar-refractivity contribution >= 4 is 0 Å². The summed E-state index contributed by atoms with van der Waals surface area (Å²) in [7, 11) is 0. The molecule has 0 unspecified atom stereocenters. The number of hydrogen-bond acceptors (Lipinski definition) is 0. The van der Waals surface area contributed by atoms with Crippen LogP contribution in [0, 0.1) is 0 Å². The fraction of sp³-hybridized carbons (Fsp3) is 0. The zero-order chi connectivity index (χ0) is 8.23. The largest absolute Gasteiger partial charge is 1.00 e. The number of rotatable bonds is 1. The van der Waals surface area contributed by atoms with E-state index < -0.39 is 0 Å². The van der Waals surface area contributed by atoms with E-state index in [1.807, 2.05) is 12.1 Å². The van der Waals surface area contributed by atoms with Gasteiger partial charge in [-0.3, -0.25) is 0 Å². The summed E-state index contributed by atoms with van der Waals surface area (Å²) < 4.78 is 0. The summed E-state index contributed by atoms with van der Waals surface area (Å²) in [6.45, 7) is 0. The molecule has 14 heavy (non-hydrogen) atoms. The first-order valence-electron chi connectivity index (χ1n) is 4.07. The third-order valence-electron chi connectivity index (χ3n) is 1.88. The van der Waals surface area contributed by atoms with Gasteiger partial charge in [-0.2, -0.15) is 0 Å². The van der Waals surface area contributed by atoms with Gasteiger partial charge < -0.3 is 1.43 Å². The third-order valence-corrected chi connectivity index (χ3v) is 1.88. The molecule has 0 aliphatic carbocycles. The maximum Gasteiger partial charge on any atom is 1.00 e. The SMILES string of the molecule is [Cu].[H-].[Li+].c1ccc(-c2ccccc2)cc1. The number of benzene rings is 2. The fourth-order valence-electron chi connectivity index (χ4n) is 1.26. The molecule has 0 bridgehead atoms. The summed E-state index contributed by atoms with van der Waals surface area (Å²) >= 11 is 0. The standard InChI is InChI=1S/C12H10.Cu.Li.H/c1-3-7-11(8-4-1)12-9-5-2-6-10-12;;;/h1-10H;;;/q;;+1;-1. The Morgan fingerprint density at radius 2 is 0.857 bits per heavy atom. The van der Waals surface area contributed by atoms with Crippen LogP contribution < -0.4 is 18.9 Å². The van der Waals surface area contributed by atoms with Crippen LogP contribution in [-0.4, -0.2) is 0 Å². The van der Waals surface area contributed by atoms with E-state index in [4.69, 9.17) is 0 Å². The van der Waals surface area contributed by atoms with Gasteiger partial charge in [-0.1, -0.05) is 60.7 Å². The van der Waals surface area contributed by atoms with Gasteiger partial charge in [0.15, 0.2) is 0 Å². The monoisotopic (exact) mass is 225 g/mol. The van der Waals surface area contributed by atoms with Crippen molar-refractivity contribution in [3.8, 4) is 11.1 Å². The molecule has 0 spiro atoms. The van der Waals surface area contributed by atoms with Gasteiger partial charge in [-0.05, 0) is 11.1 Å². The molecule has 71 valence electrons. The van der Waals surface area contributed by atoms with E-state index in [0.717, 1.165) is 0 Å². The van der Waals surface area contributed by atoms with Crippen molar-refractivity contribution in [2.24, 2.45) is 0 Å². The van der Waals surface area contributed by atoms with Gasteiger partial charge in [0.1, 0.15) is 0 Å². The first kappa shape index (κ1) is 13.6. The molecule has 0 atom stereocenters. The summed E-state index contributed by atoms with van der Waals surface area (Å²) in [6, 6.07) is 20.8. The molecule has 0 saturated heterocycles. The molecule has 0 aliphatic rings. The molecule has 0 heterocycles. The second-order valence-electron chi connectivity index (χ2n) is 2.73. The van der Waals surface area contributed by atoms with E-state index in [1.165, 1.54) is 11.1 Å². The summed E-state index contributed by atoms with van der Waals surface area (Å²) in [6.07, 6.45) is 0. The molecule has 0 N–H and O–H groups in total. The van der Waals surface area contributed by atoms with E-state index in [9.17, 15) is 0 Å². The Hall–Kier alpha value is -0.443. The van der Waals surface area contributed by atoms with Crippen molar-refractivity contribution in [2.45, 2.75) is 0 Å². The van der Waals surface area contributed by atoms with Crippen LogP contribution in [0.4, 0.5) is 0 Å². The van der Waals surface area contributed by atoms with Crippen LogP contribution in [0.5, 0.6) is 0 Å². The zero-order valence-electron chi connectivity index (χ0n) is 9.08. The minimum atomic E-state index is 0. The third kappa shape index (κ3) is 3.37. The van der Waals surface area contributed by atoms with E-state index in [0.29, 0.717) is 0 Å². The van der Waals surface area contributed by atoms with Crippen molar-refractivity contribution in [1.29, 1.82) is 0 Å². The van der Waals surface area contributed by atoms with Crippen molar-refractivity contribution in [2.75, 3.05) is 0 Å². The van der Waals surface area contributed by atoms with Gasteiger partial charge in [0.2, 0.25) is 0 Å². The van der Waals surface area contributed by atoms with Crippen LogP contribution in [-0.2, 0) is 17.1 Å². The van der Waals surface area contributed by atoms with Gasteiger partial charge in [0.25, 0.3) is 0 Å². The van der Waals surface area contributed by atoms with E-state index in [1.54, 1.807) is 0 Å². The Labute approximate surface area is 109 Å². The van der Waals surface area contributed by atoms with Crippen molar-refractivity contribution < 1.29 is 37.4 Å². The minimum absolute atomic E-state index is 0. The van der Waals surface area contributed by atoms with E-state index in [-0.39, 0.29) is 37.4 Å². The first-order chi connectivity index (χ1) is 5.97.